The summed E-state index contributed by atoms with van der Waals surface area (Å²) in [5.74, 6) is 2.15. The summed E-state index contributed by atoms with van der Waals surface area (Å²) in [6.45, 7) is 5.35. The Bertz CT molecular complexity index is 96.6. The van der Waals surface area contributed by atoms with E-state index in [1.54, 1.807) is 6.92 Å². The summed E-state index contributed by atoms with van der Waals surface area (Å²) < 4.78 is 4.57. The van der Waals surface area contributed by atoms with Gasteiger partial charge in [0.25, 0.3) is 6.41 Å². The highest BCUT2D eigenvalue weighted by molar-refractivity contribution is 5.46. The highest BCUT2D eigenvalue weighted by Crippen LogP contribution is 1.83. The number of rotatable bonds is 3. The Hall–Kier alpha value is -0.630. The van der Waals surface area contributed by atoms with Crippen LogP contribution in [0.3, 0.4) is 0 Å². The van der Waals surface area contributed by atoms with Crippen LogP contribution in [0.5, 0.6) is 0 Å². The minimum atomic E-state index is -1.09. The van der Waals surface area contributed by atoms with E-state index in [2.05, 4.69) is 22.2 Å². The Morgan fingerprint density at radius 3 is 3.00 bits per heavy atom. The molecule has 0 saturated carbocycles. The molecule has 0 aliphatic heterocycles. The second-order valence-electron chi connectivity index (χ2n) is 1.07. The van der Waals surface area contributed by atoms with Crippen LogP contribution in [-0.4, -0.2) is 24.0 Å². The van der Waals surface area contributed by atoms with E-state index in [1.165, 1.54) is 0 Å². The van der Waals surface area contributed by atoms with Crippen molar-refractivity contribution < 1.29 is 9.84 Å². The lowest BCUT2D eigenvalue weighted by molar-refractivity contribution is -0.0864. The van der Waals surface area contributed by atoms with Crippen LogP contribution in [0.15, 0.2) is 11.6 Å². The smallest absolute Gasteiger partial charge is 0.263 e. The van der Waals surface area contributed by atoms with Gasteiger partial charge in [0.2, 0.25) is 0 Å². The number of aliphatic imine (C=N–C) groups is 1. The summed E-state index contributed by atoms with van der Waals surface area (Å²) in [5, 5.41) is 8.56. The van der Waals surface area contributed by atoms with E-state index < -0.39 is 6.41 Å². The summed E-state index contributed by atoms with van der Waals surface area (Å²) in [6.07, 6.45) is -1.09. The van der Waals surface area contributed by atoms with Gasteiger partial charge in [-0.2, -0.15) is 4.99 Å². The van der Waals surface area contributed by atoms with E-state index >= 15 is 0 Å². The van der Waals surface area contributed by atoms with E-state index in [0.29, 0.717) is 6.61 Å². The molecule has 0 spiro atoms. The van der Waals surface area contributed by atoms with E-state index in [0.717, 1.165) is 0 Å². The molecule has 0 aromatic rings. The van der Waals surface area contributed by atoms with Gasteiger partial charge in [-0.15, -0.1) is 0 Å². The molecule has 0 bridgehead atoms. The molecule has 0 aromatic heterocycles. The molecule has 8 heavy (non-hydrogen) atoms. The predicted octanol–water partition coefficient (Wildman–Crippen LogP) is 0.155. The lowest BCUT2D eigenvalue weighted by Gasteiger charge is -1.99. The second kappa shape index (κ2) is 4.53. The van der Waals surface area contributed by atoms with Crippen LogP contribution < -0.4 is 0 Å². The summed E-state index contributed by atoms with van der Waals surface area (Å²) in [7, 11) is 0. The zero-order valence-corrected chi connectivity index (χ0v) is 4.79. The van der Waals surface area contributed by atoms with Crippen molar-refractivity contribution in [1.29, 1.82) is 0 Å². The van der Waals surface area contributed by atoms with E-state index in [9.17, 15) is 0 Å². The van der Waals surface area contributed by atoms with Crippen LogP contribution in [0.4, 0.5) is 0 Å². The third kappa shape index (κ3) is 3.56. The number of nitrogens with zero attached hydrogens (tertiary/aromatic N) is 1. The summed E-state index contributed by atoms with van der Waals surface area (Å²) in [6, 6.07) is 0. The predicted molar refractivity (Wildman–Crippen MR) is 30.7 cm³/mol. The van der Waals surface area contributed by atoms with Crippen molar-refractivity contribution in [3.63, 3.8) is 0 Å². The molecule has 3 nitrogen and oxygen atoms in total. The van der Waals surface area contributed by atoms with Gasteiger partial charge in [0.15, 0.2) is 0 Å². The Balaban J connectivity index is 3.31. The molecule has 0 rings (SSSR count). The first-order valence-electron chi connectivity index (χ1n) is 2.33. The SMILES string of the molecule is C=C=NC(O)OCC. The Labute approximate surface area is 48.3 Å². The first-order valence-corrected chi connectivity index (χ1v) is 2.33. The third-order valence-corrected chi connectivity index (χ3v) is 0.517. The van der Waals surface area contributed by atoms with Gasteiger partial charge < -0.3 is 9.84 Å². The largest absolute Gasteiger partial charge is 0.349 e. The van der Waals surface area contributed by atoms with Gasteiger partial charge in [-0.05, 0) is 19.4 Å². The van der Waals surface area contributed by atoms with Crippen LogP contribution in [-0.2, 0) is 4.74 Å². The fourth-order valence-corrected chi connectivity index (χ4v) is 0.264. The van der Waals surface area contributed by atoms with Crippen molar-refractivity contribution in [3.8, 4) is 0 Å². The first kappa shape index (κ1) is 7.37. The molecular weight excluding hydrogens is 106 g/mol. The van der Waals surface area contributed by atoms with Crippen LogP contribution in [0.2, 0.25) is 0 Å². The number of hydrogen-bond donors (Lipinski definition) is 1. The fourth-order valence-electron chi connectivity index (χ4n) is 0.264. The zero-order valence-electron chi connectivity index (χ0n) is 4.79. The van der Waals surface area contributed by atoms with Crippen molar-refractivity contribution in [2.45, 2.75) is 13.3 Å². The van der Waals surface area contributed by atoms with Gasteiger partial charge in [-0.25, -0.2) is 0 Å². The normalized spacial score (nSPS) is 12.2. The van der Waals surface area contributed by atoms with E-state index in [1.807, 2.05) is 0 Å². The van der Waals surface area contributed by atoms with E-state index in [4.69, 9.17) is 5.11 Å². The number of aliphatic hydroxyl groups is 1. The molecule has 1 unspecified atom stereocenters. The lowest BCUT2D eigenvalue weighted by atomic mass is 10.9. The van der Waals surface area contributed by atoms with Gasteiger partial charge in [0, 0.05) is 6.61 Å². The molecule has 1 atom stereocenters. The average molecular weight is 115 g/mol. The minimum absolute atomic E-state index is 0.437. The number of hydrogen-bond acceptors (Lipinski definition) is 3. The summed E-state index contributed by atoms with van der Waals surface area (Å²) in [4.78, 5) is 3.29. The van der Waals surface area contributed by atoms with Gasteiger partial charge in [-0.1, -0.05) is 0 Å². The van der Waals surface area contributed by atoms with Crippen molar-refractivity contribution in [1.82, 2.24) is 0 Å². The lowest BCUT2D eigenvalue weighted by Crippen LogP contribution is -2.06. The van der Waals surface area contributed by atoms with Crippen molar-refractivity contribution in [3.05, 3.63) is 6.58 Å². The molecule has 0 saturated heterocycles. The Morgan fingerprint density at radius 1 is 2.00 bits per heavy atom. The molecule has 0 fully saturated rings. The molecule has 0 heterocycles. The monoisotopic (exact) mass is 115 g/mol. The Morgan fingerprint density at radius 2 is 2.62 bits per heavy atom. The molecule has 46 valence electrons. The molecule has 0 aromatic carbocycles. The molecule has 0 amide bonds. The molecule has 3 heteroatoms. The zero-order chi connectivity index (χ0) is 6.41. The molecule has 0 radical (unpaired) electrons. The summed E-state index contributed by atoms with van der Waals surface area (Å²) in [5.41, 5.74) is 0. The highest BCUT2D eigenvalue weighted by atomic mass is 16.6. The van der Waals surface area contributed by atoms with Crippen molar-refractivity contribution in [2.75, 3.05) is 6.61 Å². The molecular formula is C5H9NO2. The van der Waals surface area contributed by atoms with Crippen molar-refractivity contribution >= 4 is 5.87 Å². The number of aliphatic hydroxyl groups excluding tert-OH is 1. The topological polar surface area (TPSA) is 41.8 Å². The molecule has 1 N–H and O–H groups in total. The highest BCUT2D eigenvalue weighted by Gasteiger charge is 1.92. The fraction of sp³-hybridized carbons (Fsp3) is 0.600. The van der Waals surface area contributed by atoms with Gasteiger partial charge >= 0.3 is 0 Å². The van der Waals surface area contributed by atoms with Gasteiger partial charge in [-0.3, -0.25) is 0 Å². The van der Waals surface area contributed by atoms with Crippen LogP contribution in [0, 0.1) is 0 Å². The molecule has 0 aliphatic carbocycles. The van der Waals surface area contributed by atoms with Crippen molar-refractivity contribution in [2.24, 2.45) is 4.99 Å². The quantitative estimate of drug-likeness (QED) is 0.420. The van der Waals surface area contributed by atoms with Crippen LogP contribution >= 0.6 is 0 Å². The maximum absolute atomic E-state index is 8.56. The average Bonchev–Trinajstić information content (AvgIpc) is 1.68. The van der Waals surface area contributed by atoms with E-state index in [-0.39, 0.29) is 0 Å². The van der Waals surface area contributed by atoms with Gasteiger partial charge in [0.05, 0.1) is 0 Å². The number of ether oxygens (including phenoxy) is 1. The minimum Gasteiger partial charge on any atom is -0.349 e. The maximum Gasteiger partial charge on any atom is 0.263 e. The first-order chi connectivity index (χ1) is 3.81. The van der Waals surface area contributed by atoms with Crippen LogP contribution in [0.1, 0.15) is 6.92 Å². The molecule has 0 aliphatic rings. The standard InChI is InChI=1S/C5H9NO2/c1-3-6-5(7)8-4-2/h5,7H,1,4H2,2H3. The maximum atomic E-state index is 8.56. The Kier molecular flexibility index (Phi) is 4.17. The second-order valence-corrected chi connectivity index (χ2v) is 1.07. The summed E-state index contributed by atoms with van der Waals surface area (Å²) >= 11 is 0. The van der Waals surface area contributed by atoms with Crippen LogP contribution in [0.25, 0.3) is 0 Å². The third-order valence-electron chi connectivity index (χ3n) is 0.517. The van der Waals surface area contributed by atoms with Gasteiger partial charge in [0.1, 0.15) is 0 Å².